The van der Waals surface area contributed by atoms with Crippen LogP contribution < -0.4 is 0 Å². The molecule has 1 aromatic heterocycles. The van der Waals surface area contributed by atoms with Gasteiger partial charge in [0.1, 0.15) is 5.01 Å². The van der Waals surface area contributed by atoms with Gasteiger partial charge in [-0.3, -0.25) is 4.90 Å². The number of ether oxygens (including phenoxy) is 3. The molecule has 128 valence electrons. The number of fused-ring (bicyclic) bond motifs is 1. The number of thiazole rings is 1. The van der Waals surface area contributed by atoms with Gasteiger partial charge in [-0.2, -0.15) is 0 Å². The molecule has 3 fully saturated rings. The Morgan fingerprint density at radius 1 is 1.35 bits per heavy atom. The molecule has 3 aliphatic rings. The minimum Gasteiger partial charge on any atom is -0.381 e. The second-order valence-corrected chi connectivity index (χ2v) is 8.22. The van der Waals surface area contributed by atoms with Crippen molar-refractivity contribution in [3.63, 3.8) is 0 Å². The van der Waals surface area contributed by atoms with Crippen molar-refractivity contribution >= 4 is 11.3 Å². The van der Waals surface area contributed by atoms with E-state index in [1.54, 1.807) is 11.3 Å². The van der Waals surface area contributed by atoms with Crippen molar-refractivity contribution < 1.29 is 14.2 Å². The van der Waals surface area contributed by atoms with E-state index in [-0.39, 0.29) is 5.41 Å². The third-order valence-corrected chi connectivity index (χ3v) is 6.28. The summed E-state index contributed by atoms with van der Waals surface area (Å²) in [5, 5.41) is 3.27. The van der Waals surface area contributed by atoms with E-state index < -0.39 is 0 Å². The van der Waals surface area contributed by atoms with Crippen LogP contribution in [0.15, 0.2) is 11.6 Å². The minimum absolute atomic E-state index is 0.197. The third kappa shape index (κ3) is 3.61. The van der Waals surface area contributed by atoms with E-state index in [2.05, 4.69) is 15.3 Å². The van der Waals surface area contributed by atoms with Crippen LogP contribution in [0.2, 0.25) is 0 Å². The Labute approximate surface area is 141 Å². The van der Waals surface area contributed by atoms with Gasteiger partial charge in [0.2, 0.25) is 0 Å². The molecule has 0 N–H and O–H groups in total. The first-order valence-electron chi connectivity index (χ1n) is 8.68. The summed E-state index contributed by atoms with van der Waals surface area (Å²) in [5.74, 6) is 1.28. The van der Waals surface area contributed by atoms with Gasteiger partial charge in [-0.25, -0.2) is 4.98 Å². The van der Waals surface area contributed by atoms with Gasteiger partial charge in [0.05, 0.1) is 26.4 Å². The predicted molar refractivity (Wildman–Crippen MR) is 88.5 cm³/mol. The first-order chi connectivity index (χ1) is 11.3. The van der Waals surface area contributed by atoms with Gasteiger partial charge in [-0.15, -0.1) is 11.3 Å². The first kappa shape index (κ1) is 16.0. The van der Waals surface area contributed by atoms with Crippen LogP contribution >= 0.6 is 11.3 Å². The Morgan fingerprint density at radius 2 is 2.26 bits per heavy atom. The molecule has 23 heavy (non-hydrogen) atoms. The lowest BCUT2D eigenvalue weighted by Crippen LogP contribution is -2.36. The fourth-order valence-electron chi connectivity index (χ4n) is 4.13. The Hall–Kier alpha value is -0.530. The number of likely N-dealkylation sites (tertiary alicyclic amines) is 1. The lowest BCUT2D eigenvalue weighted by atomic mass is 9.82. The first-order valence-corrected chi connectivity index (χ1v) is 9.56. The fourth-order valence-corrected chi connectivity index (χ4v) is 4.79. The molecule has 0 spiro atoms. The molecule has 0 radical (unpaired) electrons. The normalized spacial score (nSPS) is 32.4. The highest BCUT2D eigenvalue weighted by atomic mass is 32.1. The Morgan fingerprint density at radius 3 is 3.09 bits per heavy atom. The summed E-state index contributed by atoms with van der Waals surface area (Å²) in [4.78, 5) is 6.95. The second kappa shape index (κ2) is 7.15. The number of rotatable bonds is 6. The van der Waals surface area contributed by atoms with Crippen molar-refractivity contribution in [3.8, 4) is 0 Å². The van der Waals surface area contributed by atoms with Crippen molar-refractivity contribution in [2.75, 3.05) is 52.7 Å². The summed E-state index contributed by atoms with van der Waals surface area (Å²) >= 11 is 1.75. The highest BCUT2D eigenvalue weighted by molar-refractivity contribution is 7.09. The molecule has 3 aliphatic heterocycles. The Bertz CT molecular complexity index is 492. The molecule has 2 atom stereocenters. The zero-order chi connectivity index (χ0) is 15.5. The van der Waals surface area contributed by atoms with Gasteiger partial charge >= 0.3 is 0 Å². The molecule has 3 saturated heterocycles. The van der Waals surface area contributed by atoms with Gasteiger partial charge in [0, 0.05) is 55.8 Å². The van der Waals surface area contributed by atoms with Crippen LogP contribution in [0, 0.1) is 17.3 Å². The average Bonchev–Trinajstić information content (AvgIpc) is 3.25. The van der Waals surface area contributed by atoms with Crippen molar-refractivity contribution in [2.45, 2.75) is 19.4 Å². The molecule has 1 aromatic rings. The van der Waals surface area contributed by atoms with Crippen LogP contribution in [0.1, 0.15) is 17.8 Å². The Kier molecular flexibility index (Phi) is 4.96. The fraction of sp³-hybridized carbons (Fsp3) is 0.824. The van der Waals surface area contributed by atoms with Crippen LogP contribution in [0.3, 0.4) is 0 Å². The molecule has 5 nitrogen and oxygen atoms in total. The minimum atomic E-state index is 0.197. The maximum Gasteiger partial charge on any atom is 0.107 e. The zero-order valence-electron chi connectivity index (χ0n) is 13.6. The topological polar surface area (TPSA) is 43.8 Å². The molecule has 0 amide bonds. The van der Waals surface area contributed by atoms with E-state index in [0.29, 0.717) is 11.8 Å². The van der Waals surface area contributed by atoms with Crippen LogP contribution in [0.4, 0.5) is 0 Å². The maximum absolute atomic E-state index is 6.17. The lowest BCUT2D eigenvalue weighted by molar-refractivity contribution is -0.0157. The lowest BCUT2D eigenvalue weighted by Gasteiger charge is -2.29. The van der Waals surface area contributed by atoms with Crippen LogP contribution in [0.5, 0.6) is 0 Å². The molecule has 4 rings (SSSR count). The third-order valence-electron chi connectivity index (χ3n) is 5.52. The van der Waals surface area contributed by atoms with Crippen LogP contribution in [0.25, 0.3) is 0 Å². The van der Waals surface area contributed by atoms with Gasteiger partial charge in [0.25, 0.3) is 0 Å². The van der Waals surface area contributed by atoms with Crippen molar-refractivity contribution in [3.05, 3.63) is 16.6 Å². The summed E-state index contributed by atoms with van der Waals surface area (Å²) in [6, 6.07) is 0. The average molecular weight is 338 g/mol. The molecular formula is C17H26N2O3S. The quantitative estimate of drug-likeness (QED) is 0.794. The van der Waals surface area contributed by atoms with E-state index in [0.717, 1.165) is 72.1 Å². The second-order valence-electron chi connectivity index (χ2n) is 7.24. The van der Waals surface area contributed by atoms with Gasteiger partial charge < -0.3 is 14.2 Å². The molecule has 0 aliphatic carbocycles. The standard InChI is InChI=1S/C17H26N2O3S/c1-4-20-5-2-14(1)9-21-12-17-11-19(7-15(17)10-22-13-17)8-16-18-3-6-23-16/h3,6,14-15H,1-2,4-5,7-13H2/t15-,17-/m0/s1. The number of aromatic nitrogens is 1. The smallest absolute Gasteiger partial charge is 0.107 e. The van der Waals surface area contributed by atoms with Gasteiger partial charge in [-0.05, 0) is 18.8 Å². The number of hydrogen-bond donors (Lipinski definition) is 0. The van der Waals surface area contributed by atoms with E-state index >= 15 is 0 Å². The molecular weight excluding hydrogens is 312 g/mol. The molecule has 4 heterocycles. The van der Waals surface area contributed by atoms with Crippen LogP contribution in [-0.4, -0.2) is 62.6 Å². The van der Waals surface area contributed by atoms with Gasteiger partial charge in [-0.1, -0.05) is 0 Å². The molecule has 0 saturated carbocycles. The van der Waals surface area contributed by atoms with Crippen molar-refractivity contribution in [1.82, 2.24) is 9.88 Å². The molecule has 0 unspecified atom stereocenters. The number of hydrogen-bond acceptors (Lipinski definition) is 6. The number of nitrogens with zero attached hydrogens (tertiary/aromatic N) is 2. The highest BCUT2D eigenvalue weighted by Gasteiger charge is 2.50. The van der Waals surface area contributed by atoms with Crippen LogP contribution in [-0.2, 0) is 20.8 Å². The maximum atomic E-state index is 6.17. The monoisotopic (exact) mass is 338 g/mol. The summed E-state index contributed by atoms with van der Waals surface area (Å²) in [7, 11) is 0. The van der Waals surface area contributed by atoms with Gasteiger partial charge in [0.15, 0.2) is 0 Å². The van der Waals surface area contributed by atoms with E-state index in [4.69, 9.17) is 14.2 Å². The summed E-state index contributed by atoms with van der Waals surface area (Å²) < 4.78 is 17.4. The van der Waals surface area contributed by atoms with E-state index in [9.17, 15) is 0 Å². The Balaban J connectivity index is 1.30. The van der Waals surface area contributed by atoms with E-state index in [1.807, 2.05) is 6.20 Å². The largest absolute Gasteiger partial charge is 0.381 e. The SMILES string of the molecule is c1csc(CN2C[C@H]3COC[C@@]3(COCC3CCOCC3)C2)n1. The molecule has 6 heteroatoms. The van der Waals surface area contributed by atoms with Crippen molar-refractivity contribution in [2.24, 2.45) is 17.3 Å². The summed E-state index contributed by atoms with van der Waals surface area (Å²) in [5.41, 5.74) is 0.197. The molecule has 0 aromatic carbocycles. The summed E-state index contributed by atoms with van der Waals surface area (Å²) in [6.07, 6.45) is 4.18. The summed E-state index contributed by atoms with van der Waals surface area (Å²) in [6.45, 7) is 8.39. The molecule has 0 bridgehead atoms. The predicted octanol–water partition coefficient (Wildman–Crippen LogP) is 2.03. The highest BCUT2D eigenvalue weighted by Crippen LogP contribution is 2.42. The van der Waals surface area contributed by atoms with Crippen molar-refractivity contribution in [1.29, 1.82) is 0 Å². The zero-order valence-corrected chi connectivity index (χ0v) is 14.4. The van der Waals surface area contributed by atoms with E-state index in [1.165, 1.54) is 5.01 Å².